The molecule has 0 aliphatic carbocycles. The molecule has 2 aliphatic rings. The molecule has 3 heterocycles. The van der Waals surface area contributed by atoms with Gasteiger partial charge < -0.3 is 15.1 Å². The maximum absolute atomic E-state index is 5.77. The van der Waals surface area contributed by atoms with Crippen molar-refractivity contribution in [2.24, 2.45) is 0 Å². The zero-order valence-electron chi connectivity index (χ0n) is 18.6. The SMILES string of the molecule is CCCCN1C(=S)N[C@@H](c2ccccn2)[C@H]1c1ccc2c(c1)C(C)=CC(C)(C)N2C. The molecule has 1 aromatic heterocycles. The maximum Gasteiger partial charge on any atom is 0.170 e. The van der Waals surface area contributed by atoms with Gasteiger partial charge in [0.15, 0.2) is 5.11 Å². The molecule has 4 rings (SSSR count). The van der Waals surface area contributed by atoms with Crippen molar-refractivity contribution >= 4 is 28.6 Å². The maximum atomic E-state index is 5.77. The monoisotopic (exact) mass is 420 g/mol. The van der Waals surface area contributed by atoms with E-state index in [9.17, 15) is 0 Å². The molecule has 2 aliphatic heterocycles. The Morgan fingerprint density at radius 2 is 2.00 bits per heavy atom. The first-order valence-corrected chi connectivity index (χ1v) is 11.3. The minimum atomic E-state index is 0.0126. The molecule has 30 heavy (non-hydrogen) atoms. The van der Waals surface area contributed by atoms with Crippen molar-refractivity contribution in [2.45, 2.75) is 58.2 Å². The lowest BCUT2D eigenvalue weighted by molar-refractivity contribution is 0.313. The summed E-state index contributed by atoms with van der Waals surface area (Å²) in [7, 11) is 2.18. The fourth-order valence-corrected chi connectivity index (χ4v) is 5.03. The van der Waals surface area contributed by atoms with Crippen LogP contribution in [0.5, 0.6) is 0 Å². The van der Waals surface area contributed by atoms with E-state index < -0.39 is 0 Å². The molecular formula is C25H32N4S. The smallest absolute Gasteiger partial charge is 0.170 e. The third-order valence-electron chi connectivity index (χ3n) is 6.53. The first-order chi connectivity index (χ1) is 14.3. The normalized spacial score (nSPS) is 22.6. The molecule has 5 heteroatoms. The van der Waals surface area contributed by atoms with Crippen LogP contribution >= 0.6 is 12.2 Å². The molecule has 0 amide bonds. The summed E-state index contributed by atoms with van der Waals surface area (Å²) in [4.78, 5) is 9.37. The zero-order chi connectivity index (χ0) is 21.5. The first kappa shape index (κ1) is 20.9. The molecule has 0 unspecified atom stereocenters. The summed E-state index contributed by atoms with van der Waals surface area (Å²) < 4.78 is 0. The van der Waals surface area contributed by atoms with Gasteiger partial charge >= 0.3 is 0 Å². The van der Waals surface area contributed by atoms with E-state index in [1.54, 1.807) is 0 Å². The highest BCUT2D eigenvalue weighted by Gasteiger charge is 2.40. The van der Waals surface area contributed by atoms with E-state index >= 15 is 0 Å². The molecule has 0 bridgehead atoms. The molecule has 0 spiro atoms. The fraction of sp³-hybridized carbons (Fsp3) is 0.440. The second-order valence-corrected chi connectivity index (χ2v) is 9.38. The Morgan fingerprint density at radius 1 is 1.20 bits per heavy atom. The Bertz CT molecular complexity index is 966. The second kappa shape index (κ2) is 8.03. The number of unbranched alkanes of at least 4 members (excludes halogenated alkanes) is 1. The van der Waals surface area contributed by atoms with Crippen LogP contribution in [0.2, 0.25) is 0 Å². The van der Waals surface area contributed by atoms with Crippen LogP contribution in [0.4, 0.5) is 5.69 Å². The Balaban J connectivity index is 1.79. The Labute approximate surface area is 186 Å². The molecular weight excluding hydrogens is 388 g/mol. The number of anilines is 1. The van der Waals surface area contributed by atoms with Crippen LogP contribution in [-0.2, 0) is 0 Å². The molecule has 2 atom stereocenters. The minimum absolute atomic E-state index is 0.0126. The van der Waals surface area contributed by atoms with Crippen molar-refractivity contribution in [3.05, 3.63) is 65.5 Å². The van der Waals surface area contributed by atoms with E-state index in [0.29, 0.717) is 0 Å². The average Bonchev–Trinajstić information content (AvgIpc) is 3.06. The van der Waals surface area contributed by atoms with E-state index in [1.165, 1.54) is 22.4 Å². The summed E-state index contributed by atoms with van der Waals surface area (Å²) in [6.07, 6.45) is 6.49. The number of rotatable bonds is 5. The zero-order valence-corrected chi connectivity index (χ0v) is 19.5. The summed E-state index contributed by atoms with van der Waals surface area (Å²) in [6.45, 7) is 9.92. The fourth-order valence-electron chi connectivity index (χ4n) is 4.70. The van der Waals surface area contributed by atoms with Crippen LogP contribution in [0.25, 0.3) is 5.57 Å². The van der Waals surface area contributed by atoms with Gasteiger partial charge in [-0.3, -0.25) is 4.98 Å². The highest BCUT2D eigenvalue weighted by molar-refractivity contribution is 7.80. The van der Waals surface area contributed by atoms with E-state index in [1.807, 2.05) is 12.3 Å². The molecule has 158 valence electrons. The van der Waals surface area contributed by atoms with Crippen LogP contribution in [-0.4, -0.2) is 34.1 Å². The van der Waals surface area contributed by atoms with Crippen LogP contribution < -0.4 is 10.2 Å². The van der Waals surface area contributed by atoms with Gasteiger partial charge in [-0.05, 0) is 74.8 Å². The van der Waals surface area contributed by atoms with Gasteiger partial charge in [-0.15, -0.1) is 0 Å². The minimum Gasteiger partial charge on any atom is -0.366 e. The van der Waals surface area contributed by atoms with Gasteiger partial charge in [0, 0.05) is 31.0 Å². The lowest BCUT2D eigenvalue weighted by atomic mass is 9.86. The number of benzene rings is 1. The molecule has 1 N–H and O–H groups in total. The van der Waals surface area contributed by atoms with Gasteiger partial charge in [-0.25, -0.2) is 0 Å². The Kier molecular flexibility index (Phi) is 5.58. The van der Waals surface area contributed by atoms with Crippen LogP contribution in [0.3, 0.4) is 0 Å². The molecule has 1 fully saturated rings. The number of likely N-dealkylation sites (N-methyl/N-ethyl adjacent to an activating group) is 1. The highest BCUT2D eigenvalue weighted by atomic mass is 32.1. The standard InChI is InChI=1S/C25H32N4S/c1-6-7-14-29-23(22(27-24(29)30)20-10-8-9-13-26-20)18-11-12-21-19(15-18)17(2)16-25(3,4)28(21)5/h8-13,15-16,22-23H,6-7,14H2,1-5H3,(H,27,30)/t22-,23+/m0/s1. The molecule has 1 saturated heterocycles. The number of hydrogen-bond donors (Lipinski definition) is 1. The number of thiocarbonyl (C=S) groups is 1. The number of nitrogens with zero attached hydrogens (tertiary/aromatic N) is 3. The van der Waals surface area contributed by atoms with Crippen molar-refractivity contribution in [3.63, 3.8) is 0 Å². The van der Waals surface area contributed by atoms with Crippen LogP contribution in [0, 0.1) is 0 Å². The molecule has 1 aromatic carbocycles. The van der Waals surface area contributed by atoms with Gasteiger partial charge in [0.2, 0.25) is 0 Å². The highest BCUT2D eigenvalue weighted by Crippen LogP contribution is 2.43. The van der Waals surface area contributed by atoms with Crippen molar-refractivity contribution in [1.82, 2.24) is 15.2 Å². The largest absolute Gasteiger partial charge is 0.366 e. The lowest BCUT2D eigenvalue weighted by Crippen LogP contribution is -2.42. The number of hydrogen-bond acceptors (Lipinski definition) is 3. The molecule has 2 aromatic rings. The van der Waals surface area contributed by atoms with Gasteiger partial charge in [-0.2, -0.15) is 0 Å². The van der Waals surface area contributed by atoms with Crippen molar-refractivity contribution < 1.29 is 0 Å². The van der Waals surface area contributed by atoms with E-state index in [4.69, 9.17) is 12.2 Å². The van der Waals surface area contributed by atoms with E-state index in [2.05, 4.69) is 91.3 Å². The average molecular weight is 421 g/mol. The quantitative estimate of drug-likeness (QED) is 0.647. The molecule has 0 radical (unpaired) electrons. The number of allylic oxidation sites excluding steroid dienone is 1. The molecule has 4 nitrogen and oxygen atoms in total. The number of pyridine rings is 1. The number of aromatic nitrogens is 1. The van der Waals surface area contributed by atoms with Crippen LogP contribution in [0.1, 0.15) is 69.4 Å². The third kappa shape index (κ3) is 3.60. The van der Waals surface area contributed by atoms with Gasteiger partial charge in [0.1, 0.15) is 0 Å². The van der Waals surface area contributed by atoms with Crippen LogP contribution in [0.15, 0.2) is 48.7 Å². The summed E-state index contributed by atoms with van der Waals surface area (Å²) >= 11 is 5.77. The summed E-state index contributed by atoms with van der Waals surface area (Å²) in [5, 5.41) is 4.39. The van der Waals surface area contributed by atoms with E-state index in [-0.39, 0.29) is 17.6 Å². The lowest BCUT2D eigenvalue weighted by Gasteiger charge is -2.41. The Hall–Kier alpha value is -2.40. The summed E-state index contributed by atoms with van der Waals surface area (Å²) in [6, 6.07) is 13.2. The van der Waals surface area contributed by atoms with Crippen molar-refractivity contribution in [1.29, 1.82) is 0 Å². The summed E-state index contributed by atoms with van der Waals surface area (Å²) in [5.41, 5.74) is 6.26. The van der Waals surface area contributed by atoms with E-state index in [0.717, 1.165) is 30.2 Å². The van der Waals surface area contributed by atoms with Crippen molar-refractivity contribution in [2.75, 3.05) is 18.5 Å². The summed E-state index contributed by atoms with van der Waals surface area (Å²) in [5.74, 6) is 0. The van der Waals surface area contributed by atoms with Gasteiger partial charge in [-0.1, -0.05) is 31.6 Å². The predicted octanol–water partition coefficient (Wildman–Crippen LogP) is 5.49. The Morgan fingerprint density at radius 3 is 2.70 bits per heavy atom. The second-order valence-electron chi connectivity index (χ2n) is 8.99. The molecule has 0 saturated carbocycles. The first-order valence-electron chi connectivity index (χ1n) is 10.9. The third-order valence-corrected chi connectivity index (χ3v) is 6.89. The van der Waals surface area contributed by atoms with Crippen molar-refractivity contribution in [3.8, 4) is 0 Å². The topological polar surface area (TPSA) is 31.4 Å². The predicted molar refractivity (Wildman–Crippen MR) is 130 cm³/mol. The number of nitrogens with one attached hydrogen (secondary N) is 1. The van der Waals surface area contributed by atoms with Gasteiger partial charge in [0.25, 0.3) is 0 Å². The number of fused-ring (bicyclic) bond motifs is 1. The van der Waals surface area contributed by atoms with Gasteiger partial charge in [0.05, 0.1) is 23.3 Å².